The molecular formula is C9H20NbO. The summed E-state index contributed by atoms with van der Waals surface area (Å²) in [6.45, 7) is 5.49. The molecule has 0 saturated heterocycles. The predicted molar refractivity (Wildman–Crippen MR) is 45.2 cm³/mol. The SMILES string of the molecule is CCCC[CH2][Nb][O]CCCC. The molecule has 0 unspecified atom stereocenters. The Morgan fingerprint density at radius 1 is 1.00 bits per heavy atom. The Hall–Kier alpha value is 0.700. The molecule has 0 amide bonds. The van der Waals surface area contributed by atoms with E-state index in [9.17, 15) is 0 Å². The van der Waals surface area contributed by atoms with Crippen LogP contribution in [-0.2, 0) is 23.4 Å². The first-order chi connectivity index (χ1) is 5.41. The Bertz CT molecular complexity index is 58.6. The summed E-state index contributed by atoms with van der Waals surface area (Å²) >= 11 is -0.217. The molecule has 0 aromatic heterocycles. The van der Waals surface area contributed by atoms with Gasteiger partial charge in [0.25, 0.3) is 0 Å². The van der Waals surface area contributed by atoms with Crippen molar-refractivity contribution in [3.8, 4) is 0 Å². The van der Waals surface area contributed by atoms with Crippen molar-refractivity contribution in [2.45, 2.75) is 50.6 Å². The van der Waals surface area contributed by atoms with E-state index in [2.05, 4.69) is 13.8 Å². The average Bonchev–Trinajstić information content (AvgIpc) is 2.03. The Morgan fingerprint density at radius 3 is 2.36 bits per heavy atom. The van der Waals surface area contributed by atoms with Crippen molar-refractivity contribution in [1.82, 2.24) is 0 Å². The van der Waals surface area contributed by atoms with Crippen LogP contribution < -0.4 is 0 Å². The Balaban J connectivity index is 2.69. The maximum atomic E-state index is 5.57. The molecule has 0 fully saturated rings. The van der Waals surface area contributed by atoms with Crippen molar-refractivity contribution in [3.63, 3.8) is 0 Å². The third kappa shape index (κ3) is 10.7. The minimum absolute atomic E-state index is 0.217. The summed E-state index contributed by atoms with van der Waals surface area (Å²) in [4.78, 5) is 0. The van der Waals surface area contributed by atoms with Crippen LogP contribution in [0.5, 0.6) is 0 Å². The number of hydrogen-bond donors (Lipinski definition) is 0. The van der Waals surface area contributed by atoms with Gasteiger partial charge in [-0.25, -0.2) is 0 Å². The van der Waals surface area contributed by atoms with Crippen LogP contribution in [-0.4, -0.2) is 6.61 Å². The molecule has 0 N–H and O–H groups in total. The van der Waals surface area contributed by atoms with Crippen LogP contribution >= 0.6 is 0 Å². The van der Waals surface area contributed by atoms with Gasteiger partial charge in [-0.3, -0.25) is 0 Å². The average molecular weight is 237 g/mol. The number of rotatable bonds is 8. The van der Waals surface area contributed by atoms with Crippen LogP contribution in [0.1, 0.15) is 46.0 Å². The second-order valence-corrected chi connectivity index (χ2v) is 5.12. The van der Waals surface area contributed by atoms with Gasteiger partial charge in [-0.2, -0.15) is 0 Å². The molecule has 0 radical (unpaired) electrons. The molecule has 0 saturated carbocycles. The molecule has 0 rings (SSSR count). The van der Waals surface area contributed by atoms with Crippen molar-refractivity contribution in [2.24, 2.45) is 0 Å². The molecule has 11 heavy (non-hydrogen) atoms. The van der Waals surface area contributed by atoms with E-state index < -0.39 is 0 Å². The van der Waals surface area contributed by atoms with Gasteiger partial charge >= 0.3 is 80.6 Å². The van der Waals surface area contributed by atoms with Gasteiger partial charge in [0, 0.05) is 0 Å². The zero-order valence-corrected chi connectivity index (χ0v) is 10.0. The monoisotopic (exact) mass is 237 g/mol. The van der Waals surface area contributed by atoms with Gasteiger partial charge in [0.15, 0.2) is 0 Å². The zero-order valence-electron chi connectivity index (χ0n) is 7.81. The fraction of sp³-hybridized carbons (Fsp3) is 1.00. The van der Waals surface area contributed by atoms with E-state index in [0.29, 0.717) is 0 Å². The predicted octanol–water partition coefficient (Wildman–Crippen LogP) is 3.41. The quantitative estimate of drug-likeness (QED) is 0.464. The summed E-state index contributed by atoms with van der Waals surface area (Å²) < 4.78 is 6.97. The molecule has 67 valence electrons. The summed E-state index contributed by atoms with van der Waals surface area (Å²) in [7, 11) is 0. The van der Waals surface area contributed by atoms with E-state index in [1.54, 1.807) is 0 Å². The fourth-order valence-corrected chi connectivity index (χ4v) is 2.58. The molecule has 0 bridgehead atoms. The van der Waals surface area contributed by atoms with E-state index in [1.165, 1.54) is 36.7 Å². The van der Waals surface area contributed by atoms with Crippen LogP contribution in [0.3, 0.4) is 0 Å². The molecule has 2 heteroatoms. The van der Waals surface area contributed by atoms with E-state index in [4.69, 9.17) is 3.24 Å². The molecule has 0 aliphatic heterocycles. The third-order valence-corrected chi connectivity index (χ3v) is 3.66. The Labute approximate surface area is 80.7 Å². The van der Waals surface area contributed by atoms with Crippen LogP contribution in [0.2, 0.25) is 4.64 Å². The van der Waals surface area contributed by atoms with Crippen molar-refractivity contribution >= 4 is 0 Å². The molecule has 0 spiro atoms. The number of unbranched alkanes of at least 4 members (excludes halogenated alkanes) is 3. The molecule has 0 aliphatic carbocycles. The summed E-state index contributed by atoms with van der Waals surface area (Å²) in [5.74, 6) is 0. The topological polar surface area (TPSA) is 9.23 Å². The first-order valence-corrected chi connectivity index (χ1v) is 7.15. The van der Waals surface area contributed by atoms with E-state index in [1.807, 2.05) is 0 Å². The fourth-order valence-electron chi connectivity index (χ4n) is 0.764. The van der Waals surface area contributed by atoms with Crippen molar-refractivity contribution in [2.75, 3.05) is 6.61 Å². The Morgan fingerprint density at radius 2 is 1.73 bits per heavy atom. The van der Waals surface area contributed by atoms with Crippen LogP contribution in [0.4, 0.5) is 0 Å². The van der Waals surface area contributed by atoms with Crippen LogP contribution in [0.25, 0.3) is 0 Å². The molecule has 0 heterocycles. The van der Waals surface area contributed by atoms with E-state index >= 15 is 0 Å². The molecule has 1 nitrogen and oxygen atoms in total. The van der Waals surface area contributed by atoms with Crippen molar-refractivity contribution in [1.29, 1.82) is 0 Å². The van der Waals surface area contributed by atoms with Gasteiger partial charge in [-0.15, -0.1) is 0 Å². The standard InChI is InChI=1S/C5H11.C4H9O.Nb/c1-3-5-4-2;1-2-3-4-5;/h1,3-5H2,2H3;2-4H2,1H3;/q;-1;+1. The van der Waals surface area contributed by atoms with Gasteiger partial charge in [0.2, 0.25) is 0 Å². The normalized spacial score (nSPS) is 10.0. The van der Waals surface area contributed by atoms with Gasteiger partial charge in [0.1, 0.15) is 0 Å². The maximum absolute atomic E-state index is 5.57. The summed E-state index contributed by atoms with van der Waals surface area (Å²) in [5, 5.41) is 0. The Kier molecular flexibility index (Phi) is 11.4. The van der Waals surface area contributed by atoms with Gasteiger partial charge in [-0.05, 0) is 0 Å². The third-order valence-electron chi connectivity index (χ3n) is 1.53. The summed E-state index contributed by atoms with van der Waals surface area (Å²) in [5.41, 5.74) is 0. The molecule has 0 aromatic rings. The summed E-state index contributed by atoms with van der Waals surface area (Å²) in [6, 6.07) is 0. The van der Waals surface area contributed by atoms with E-state index in [-0.39, 0.29) is 20.2 Å². The molecule has 0 atom stereocenters. The number of hydrogen-bond acceptors (Lipinski definition) is 1. The second kappa shape index (κ2) is 10.7. The zero-order chi connectivity index (χ0) is 8.36. The van der Waals surface area contributed by atoms with Crippen LogP contribution in [0.15, 0.2) is 0 Å². The second-order valence-electron chi connectivity index (χ2n) is 2.75. The molecular weight excluding hydrogens is 217 g/mol. The van der Waals surface area contributed by atoms with Crippen LogP contribution in [0, 0.1) is 0 Å². The van der Waals surface area contributed by atoms with E-state index in [0.717, 1.165) is 6.61 Å². The first kappa shape index (κ1) is 11.7. The summed E-state index contributed by atoms with van der Waals surface area (Å²) in [6.07, 6.45) is 6.66. The van der Waals surface area contributed by atoms with Crippen molar-refractivity contribution in [3.05, 3.63) is 0 Å². The minimum atomic E-state index is -0.217. The van der Waals surface area contributed by atoms with Gasteiger partial charge in [-0.1, -0.05) is 0 Å². The first-order valence-electron chi connectivity index (χ1n) is 4.70. The molecule has 0 aliphatic rings. The van der Waals surface area contributed by atoms with Gasteiger partial charge in [0.05, 0.1) is 0 Å². The van der Waals surface area contributed by atoms with Gasteiger partial charge < -0.3 is 0 Å². The molecule has 0 aromatic carbocycles. The van der Waals surface area contributed by atoms with Crippen molar-refractivity contribution < 1.29 is 23.4 Å².